The Morgan fingerprint density at radius 3 is 2.61 bits per heavy atom. The van der Waals surface area contributed by atoms with Crippen LogP contribution in [-0.4, -0.2) is 35.9 Å². The van der Waals surface area contributed by atoms with Gasteiger partial charge >= 0.3 is 0 Å². The molecule has 1 fully saturated rings. The summed E-state index contributed by atoms with van der Waals surface area (Å²) in [5, 5.41) is 3.78. The predicted molar refractivity (Wildman–Crippen MR) is 95.5 cm³/mol. The van der Waals surface area contributed by atoms with Gasteiger partial charge in [0.25, 0.3) is 5.91 Å². The summed E-state index contributed by atoms with van der Waals surface area (Å²) in [6.45, 7) is 1.27. The van der Waals surface area contributed by atoms with Crippen molar-refractivity contribution < 1.29 is 9.59 Å². The van der Waals surface area contributed by atoms with Crippen LogP contribution in [0.1, 0.15) is 33.6 Å². The zero-order chi connectivity index (χ0) is 16.2. The summed E-state index contributed by atoms with van der Waals surface area (Å²) < 4.78 is 0. The first-order valence-corrected chi connectivity index (χ1v) is 9.85. The first kappa shape index (κ1) is 16.3. The number of Topliss-reactive ketones (excluding diaryl/α,β-unsaturated/α-hetero) is 1. The number of amides is 1. The maximum Gasteiger partial charge on any atom is 0.254 e. The van der Waals surface area contributed by atoms with Gasteiger partial charge in [0.1, 0.15) is 0 Å². The number of hydrogen-bond acceptors (Lipinski definition) is 4. The van der Waals surface area contributed by atoms with Gasteiger partial charge < -0.3 is 4.90 Å². The molecule has 0 N–H and O–H groups in total. The number of rotatable bonds is 4. The van der Waals surface area contributed by atoms with Crippen LogP contribution in [0.5, 0.6) is 0 Å². The number of carbonyl (C=O) groups excluding carboxylic acids is 2. The highest BCUT2D eigenvalue weighted by Gasteiger charge is 2.29. The molecule has 23 heavy (non-hydrogen) atoms. The monoisotopic (exact) mass is 345 g/mol. The van der Waals surface area contributed by atoms with Crippen LogP contribution in [0.25, 0.3) is 0 Å². The van der Waals surface area contributed by atoms with E-state index in [-0.39, 0.29) is 17.6 Å². The van der Waals surface area contributed by atoms with E-state index in [4.69, 9.17) is 0 Å². The first-order valence-electron chi connectivity index (χ1n) is 7.69. The van der Waals surface area contributed by atoms with Gasteiger partial charge in [-0.25, -0.2) is 0 Å². The zero-order valence-corrected chi connectivity index (χ0v) is 14.7. The fourth-order valence-electron chi connectivity index (χ4n) is 2.94. The zero-order valence-electron chi connectivity index (χ0n) is 13.0. The normalized spacial score (nSPS) is 18.0. The van der Waals surface area contributed by atoms with Crippen LogP contribution in [0.15, 0.2) is 46.0 Å². The Balaban J connectivity index is 1.70. The second kappa shape index (κ2) is 7.32. The Morgan fingerprint density at radius 1 is 1.17 bits per heavy atom. The molecule has 1 aliphatic rings. The molecule has 0 bridgehead atoms. The van der Waals surface area contributed by atoms with E-state index in [1.54, 1.807) is 11.8 Å². The molecule has 2 aromatic rings. The number of ketones is 1. The van der Waals surface area contributed by atoms with Crippen molar-refractivity contribution in [2.45, 2.75) is 17.7 Å². The number of likely N-dealkylation sites (tertiary alicyclic amines) is 1. The Labute approximate surface area is 144 Å². The van der Waals surface area contributed by atoms with Crippen molar-refractivity contribution in [3.8, 4) is 0 Å². The van der Waals surface area contributed by atoms with Crippen LogP contribution in [-0.2, 0) is 0 Å². The lowest BCUT2D eigenvalue weighted by Gasteiger charge is -2.32. The van der Waals surface area contributed by atoms with E-state index in [1.165, 1.54) is 11.3 Å². The molecule has 120 valence electrons. The van der Waals surface area contributed by atoms with Gasteiger partial charge in [0.2, 0.25) is 0 Å². The fraction of sp³-hybridized carbons (Fsp3) is 0.333. The molecule has 1 aliphatic heterocycles. The van der Waals surface area contributed by atoms with Crippen LogP contribution >= 0.6 is 23.1 Å². The smallest absolute Gasteiger partial charge is 0.254 e. The number of piperidine rings is 1. The van der Waals surface area contributed by atoms with Gasteiger partial charge in [0.05, 0.1) is 5.56 Å². The van der Waals surface area contributed by atoms with E-state index >= 15 is 0 Å². The highest BCUT2D eigenvalue weighted by molar-refractivity contribution is 7.98. The molecule has 2 heterocycles. The second-order valence-corrected chi connectivity index (χ2v) is 7.35. The predicted octanol–water partition coefficient (Wildman–Crippen LogP) is 4.21. The number of thioether (sulfide) groups is 1. The molecule has 1 saturated heterocycles. The highest BCUT2D eigenvalue weighted by Crippen LogP contribution is 2.24. The van der Waals surface area contributed by atoms with Crippen molar-refractivity contribution in [2.75, 3.05) is 19.3 Å². The summed E-state index contributed by atoms with van der Waals surface area (Å²) in [4.78, 5) is 28.2. The summed E-state index contributed by atoms with van der Waals surface area (Å²) in [6, 6.07) is 9.60. The summed E-state index contributed by atoms with van der Waals surface area (Å²) in [5.74, 6) is 0.105. The Bertz CT molecular complexity index is 680. The molecule has 3 nitrogen and oxygen atoms in total. The average Bonchev–Trinajstić information content (AvgIpc) is 3.15. The lowest BCUT2D eigenvalue weighted by molar-refractivity contribution is 0.0637. The second-order valence-electron chi connectivity index (χ2n) is 5.70. The van der Waals surface area contributed by atoms with Gasteiger partial charge in [-0.15, -0.1) is 11.8 Å². The van der Waals surface area contributed by atoms with Gasteiger partial charge in [-0.1, -0.05) is 12.1 Å². The third-order valence-electron chi connectivity index (χ3n) is 4.22. The Kier molecular flexibility index (Phi) is 5.18. The number of hydrogen-bond donors (Lipinski definition) is 0. The third kappa shape index (κ3) is 3.67. The van der Waals surface area contributed by atoms with Crippen molar-refractivity contribution in [3.63, 3.8) is 0 Å². The maximum absolute atomic E-state index is 12.7. The van der Waals surface area contributed by atoms with Crippen LogP contribution < -0.4 is 0 Å². The van der Waals surface area contributed by atoms with Crippen LogP contribution in [0.3, 0.4) is 0 Å². The van der Waals surface area contributed by atoms with Gasteiger partial charge in [-0.2, -0.15) is 11.3 Å². The van der Waals surface area contributed by atoms with Gasteiger partial charge in [0, 0.05) is 34.8 Å². The molecular weight excluding hydrogens is 326 g/mol. The van der Waals surface area contributed by atoms with Crippen LogP contribution in [0.2, 0.25) is 0 Å². The third-order valence-corrected chi connectivity index (χ3v) is 5.65. The SMILES string of the molecule is CSc1ccc(C(=O)[C@@H]2CCCN(C(=O)c3ccsc3)C2)cc1. The number of carbonyl (C=O) groups is 2. The molecule has 5 heteroatoms. The Hall–Kier alpha value is -1.59. The molecule has 0 saturated carbocycles. The van der Waals surface area contributed by atoms with Crippen LogP contribution in [0.4, 0.5) is 0 Å². The van der Waals surface area contributed by atoms with Crippen molar-refractivity contribution in [3.05, 3.63) is 52.2 Å². The maximum atomic E-state index is 12.7. The van der Waals surface area contributed by atoms with E-state index in [9.17, 15) is 9.59 Å². The van der Waals surface area contributed by atoms with Crippen molar-refractivity contribution in [1.29, 1.82) is 0 Å². The van der Waals surface area contributed by atoms with E-state index in [2.05, 4.69) is 0 Å². The number of thiophene rings is 1. The van der Waals surface area contributed by atoms with Gasteiger partial charge in [-0.05, 0) is 42.7 Å². The van der Waals surface area contributed by atoms with Crippen LogP contribution in [0, 0.1) is 5.92 Å². The quantitative estimate of drug-likeness (QED) is 0.615. The Morgan fingerprint density at radius 2 is 1.96 bits per heavy atom. The lowest BCUT2D eigenvalue weighted by atomic mass is 9.90. The molecular formula is C18H19NO2S2. The van der Waals surface area contributed by atoms with E-state index in [1.807, 2.05) is 52.2 Å². The molecule has 1 aromatic heterocycles. The van der Waals surface area contributed by atoms with E-state index in [0.29, 0.717) is 6.54 Å². The van der Waals surface area contributed by atoms with Gasteiger partial charge in [0.15, 0.2) is 5.78 Å². The average molecular weight is 345 g/mol. The molecule has 1 atom stereocenters. The number of benzene rings is 1. The molecule has 1 aromatic carbocycles. The largest absolute Gasteiger partial charge is 0.338 e. The van der Waals surface area contributed by atoms with E-state index < -0.39 is 0 Å². The summed E-state index contributed by atoms with van der Waals surface area (Å²) in [7, 11) is 0. The molecule has 1 amide bonds. The molecule has 0 radical (unpaired) electrons. The summed E-state index contributed by atoms with van der Waals surface area (Å²) >= 11 is 3.19. The van der Waals surface area contributed by atoms with Crippen molar-refractivity contribution in [1.82, 2.24) is 4.90 Å². The highest BCUT2D eigenvalue weighted by atomic mass is 32.2. The summed E-state index contributed by atoms with van der Waals surface area (Å²) in [6.07, 6.45) is 3.76. The minimum absolute atomic E-state index is 0.0430. The molecule has 0 aliphatic carbocycles. The van der Waals surface area contributed by atoms with Crippen molar-refractivity contribution >= 4 is 34.8 Å². The number of nitrogens with zero attached hydrogens (tertiary/aromatic N) is 1. The standard InChI is InChI=1S/C18H19NO2S2/c1-22-16-6-4-13(5-7-16)17(20)14-3-2-9-19(11-14)18(21)15-8-10-23-12-15/h4-8,10,12,14H,2-3,9,11H2,1H3/t14-/m1/s1. The summed E-state index contributed by atoms with van der Waals surface area (Å²) in [5.41, 5.74) is 1.48. The molecule has 3 rings (SSSR count). The molecule has 0 spiro atoms. The lowest BCUT2D eigenvalue weighted by Crippen LogP contribution is -2.42. The fourth-order valence-corrected chi connectivity index (χ4v) is 3.97. The first-order chi connectivity index (χ1) is 11.2. The topological polar surface area (TPSA) is 37.4 Å². The minimum Gasteiger partial charge on any atom is -0.338 e. The van der Waals surface area contributed by atoms with Gasteiger partial charge in [-0.3, -0.25) is 9.59 Å². The molecule has 0 unspecified atom stereocenters. The minimum atomic E-state index is -0.0912. The van der Waals surface area contributed by atoms with Crippen molar-refractivity contribution in [2.24, 2.45) is 5.92 Å². The van der Waals surface area contributed by atoms with E-state index in [0.717, 1.165) is 35.4 Å².